The van der Waals surface area contributed by atoms with E-state index in [-0.39, 0.29) is 17.9 Å². The Hall–Kier alpha value is -0.830. The zero-order valence-corrected chi connectivity index (χ0v) is 9.70. The Bertz CT molecular complexity index is 248. The molecule has 0 aromatic rings. The highest BCUT2D eigenvalue weighted by Gasteiger charge is 2.38. The third-order valence-corrected chi connectivity index (χ3v) is 3.57. The van der Waals surface area contributed by atoms with Crippen LogP contribution >= 0.6 is 0 Å². The van der Waals surface area contributed by atoms with E-state index < -0.39 is 5.97 Å². The molecule has 1 saturated heterocycles. The summed E-state index contributed by atoms with van der Waals surface area (Å²) in [7, 11) is 0. The first-order valence-electron chi connectivity index (χ1n) is 5.56. The average Bonchev–Trinajstić information content (AvgIpc) is 2.12. The van der Waals surface area contributed by atoms with Gasteiger partial charge in [-0.25, -0.2) is 0 Å². The van der Waals surface area contributed by atoms with E-state index in [1.807, 2.05) is 6.08 Å². The summed E-state index contributed by atoms with van der Waals surface area (Å²) in [4.78, 5) is 13.1. The normalized spacial score (nSPS) is 26.1. The smallest absolute Gasteiger partial charge is 0.303 e. The number of nitrogens with zero attached hydrogens (tertiary/aromatic N) is 1. The van der Waals surface area contributed by atoms with Gasteiger partial charge in [0.25, 0.3) is 0 Å². The number of aliphatic carboxylic acids is 1. The van der Waals surface area contributed by atoms with E-state index in [4.69, 9.17) is 5.11 Å². The van der Waals surface area contributed by atoms with Crippen LogP contribution in [0.1, 0.15) is 33.1 Å². The van der Waals surface area contributed by atoms with Crippen LogP contribution in [0, 0.1) is 5.92 Å². The third kappa shape index (κ3) is 2.81. The van der Waals surface area contributed by atoms with E-state index in [0.29, 0.717) is 0 Å². The maximum Gasteiger partial charge on any atom is 0.303 e. The first-order valence-corrected chi connectivity index (χ1v) is 5.56. The van der Waals surface area contributed by atoms with Crippen LogP contribution in [0.5, 0.6) is 0 Å². The number of likely N-dealkylation sites (tertiary alicyclic amines) is 1. The lowest BCUT2D eigenvalue weighted by atomic mass is 9.77. The van der Waals surface area contributed by atoms with Crippen LogP contribution in [0.4, 0.5) is 0 Å². The molecule has 0 aromatic carbocycles. The highest BCUT2D eigenvalue weighted by molar-refractivity contribution is 5.67. The summed E-state index contributed by atoms with van der Waals surface area (Å²) in [5.74, 6) is -0.433. The van der Waals surface area contributed by atoms with Crippen molar-refractivity contribution in [2.24, 2.45) is 5.92 Å². The zero-order valence-electron chi connectivity index (χ0n) is 9.70. The molecule has 0 saturated carbocycles. The van der Waals surface area contributed by atoms with Crippen molar-refractivity contribution in [3.8, 4) is 0 Å². The quantitative estimate of drug-likeness (QED) is 0.724. The van der Waals surface area contributed by atoms with Crippen LogP contribution in [-0.2, 0) is 4.79 Å². The van der Waals surface area contributed by atoms with E-state index in [9.17, 15) is 4.79 Å². The maximum absolute atomic E-state index is 10.8. The molecule has 1 N–H and O–H groups in total. The molecule has 0 bridgehead atoms. The second-order valence-electron chi connectivity index (χ2n) is 4.83. The molecule has 0 spiro atoms. The number of hydrogen-bond donors (Lipinski definition) is 1. The Morgan fingerprint density at radius 1 is 1.67 bits per heavy atom. The van der Waals surface area contributed by atoms with Crippen molar-refractivity contribution in [2.75, 3.05) is 13.1 Å². The number of rotatable bonds is 4. The lowest BCUT2D eigenvalue weighted by Crippen LogP contribution is -2.53. The molecule has 1 aliphatic heterocycles. The minimum atomic E-state index is -0.687. The van der Waals surface area contributed by atoms with Crippen LogP contribution in [0.3, 0.4) is 0 Å². The van der Waals surface area contributed by atoms with Crippen LogP contribution in [0.2, 0.25) is 0 Å². The van der Waals surface area contributed by atoms with Gasteiger partial charge in [-0.05, 0) is 39.2 Å². The molecule has 0 aliphatic carbocycles. The molecule has 0 radical (unpaired) electrons. The second-order valence-corrected chi connectivity index (χ2v) is 4.83. The van der Waals surface area contributed by atoms with Gasteiger partial charge in [0.2, 0.25) is 0 Å². The van der Waals surface area contributed by atoms with E-state index in [1.165, 1.54) is 0 Å². The fourth-order valence-corrected chi connectivity index (χ4v) is 2.47. The average molecular weight is 211 g/mol. The molecule has 1 aliphatic rings. The fourth-order valence-electron chi connectivity index (χ4n) is 2.47. The van der Waals surface area contributed by atoms with Crippen molar-refractivity contribution >= 4 is 5.97 Å². The third-order valence-electron chi connectivity index (χ3n) is 3.57. The van der Waals surface area contributed by atoms with E-state index in [1.54, 1.807) is 0 Å². The van der Waals surface area contributed by atoms with Gasteiger partial charge >= 0.3 is 5.97 Å². The molecule has 15 heavy (non-hydrogen) atoms. The van der Waals surface area contributed by atoms with Crippen molar-refractivity contribution in [1.29, 1.82) is 0 Å². The van der Waals surface area contributed by atoms with E-state index in [0.717, 1.165) is 25.9 Å². The summed E-state index contributed by atoms with van der Waals surface area (Å²) in [5, 5.41) is 8.88. The predicted molar refractivity (Wildman–Crippen MR) is 60.8 cm³/mol. The van der Waals surface area contributed by atoms with E-state index in [2.05, 4.69) is 25.3 Å². The number of carboxylic acids is 1. The van der Waals surface area contributed by atoms with Crippen molar-refractivity contribution < 1.29 is 9.90 Å². The Balaban J connectivity index is 2.71. The molecule has 0 aromatic heterocycles. The predicted octanol–water partition coefficient (Wildman–Crippen LogP) is 2.14. The molecule has 1 fully saturated rings. The van der Waals surface area contributed by atoms with E-state index >= 15 is 0 Å². The van der Waals surface area contributed by atoms with Gasteiger partial charge < -0.3 is 5.11 Å². The fraction of sp³-hybridized carbons (Fsp3) is 0.750. The largest absolute Gasteiger partial charge is 0.481 e. The Labute approximate surface area is 91.8 Å². The molecular weight excluding hydrogens is 190 g/mol. The summed E-state index contributed by atoms with van der Waals surface area (Å²) in [6, 6.07) is 0. The van der Waals surface area contributed by atoms with Gasteiger partial charge in [-0.1, -0.05) is 6.08 Å². The van der Waals surface area contributed by atoms with Gasteiger partial charge in [0.1, 0.15) is 0 Å². The SMILES string of the molecule is C=CCN1CCCC(CC(=O)O)C1(C)C. The van der Waals surface area contributed by atoms with Crippen LogP contribution < -0.4 is 0 Å². The summed E-state index contributed by atoms with van der Waals surface area (Å²) < 4.78 is 0. The van der Waals surface area contributed by atoms with Crippen molar-refractivity contribution in [3.63, 3.8) is 0 Å². The number of carboxylic acid groups (broad SMARTS) is 1. The number of piperidine rings is 1. The minimum absolute atomic E-state index is 0.0230. The van der Waals surface area contributed by atoms with Gasteiger partial charge in [-0.2, -0.15) is 0 Å². The molecular formula is C12H21NO2. The lowest BCUT2D eigenvalue weighted by Gasteiger charge is -2.47. The van der Waals surface area contributed by atoms with Gasteiger partial charge in [-0.3, -0.25) is 9.69 Å². The van der Waals surface area contributed by atoms with Crippen molar-refractivity contribution in [2.45, 2.75) is 38.6 Å². The lowest BCUT2D eigenvalue weighted by molar-refractivity contribution is -0.140. The standard InChI is InChI=1S/C12H21NO2/c1-4-7-13-8-5-6-10(9-11(14)15)12(13,2)3/h4,10H,1,5-9H2,2-3H3,(H,14,15). The molecule has 3 heteroatoms. The van der Waals surface area contributed by atoms with Crippen LogP contribution in [0.25, 0.3) is 0 Å². The summed E-state index contributed by atoms with van der Waals surface area (Å²) in [6.07, 6.45) is 4.29. The highest BCUT2D eigenvalue weighted by atomic mass is 16.4. The highest BCUT2D eigenvalue weighted by Crippen LogP contribution is 2.35. The Morgan fingerprint density at radius 2 is 2.33 bits per heavy atom. The first-order chi connectivity index (χ1) is 6.98. The summed E-state index contributed by atoms with van der Waals surface area (Å²) >= 11 is 0. The van der Waals surface area contributed by atoms with Gasteiger partial charge in [-0.15, -0.1) is 6.58 Å². The Kier molecular flexibility index (Phi) is 3.91. The van der Waals surface area contributed by atoms with Gasteiger partial charge in [0, 0.05) is 18.5 Å². The molecule has 0 amide bonds. The molecule has 3 nitrogen and oxygen atoms in total. The minimum Gasteiger partial charge on any atom is -0.481 e. The topological polar surface area (TPSA) is 40.5 Å². The molecule has 1 atom stereocenters. The second kappa shape index (κ2) is 4.79. The molecule has 1 unspecified atom stereocenters. The Morgan fingerprint density at radius 3 is 2.87 bits per heavy atom. The summed E-state index contributed by atoms with van der Waals surface area (Å²) in [6.45, 7) is 9.93. The van der Waals surface area contributed by atoms with Crippen molar-refractivity contribution in [1.82, 2.24) is 4.90 Å². The maximum atomic E-state index is 10.8. The first kappa shape index (κ1) is 12.2. The van der Waals surface area contributed by atoms with Crippen molar-refractivity contribution in [3.05, 3.63) is 12.7 Å². The molecule has 86 valence electrons. The number of carbonyl (C=O) groups is 1. The molecule has 1 rings (SSSR count). The van der Waals surface area contributed by atoms with Gasteiger partial charge in [0.05, 0.1) is 0 Å². The van der Waals surface area contributed by atoms with Gasteiger partial charge in [0.15, 0.2) is 0 Å². The number of hydrogen-bond acceptors (Lipinski definition) is 2. The monoisotopic (exact) mass is 211 g/mol. The summed E-state index contributed by atoms with van der Waals surface area (Å²) in [5.41, 5.74) is -0.0230. The van der Waals surface area contributed by atoms with Crippen LogP contribution in [-0.4, -0.2) is 34.6 Å². The molecule has 1 heterocycles. The van der Waals surface area contributed by atoms with Crippen LogP contribution in [0.15, 0.2) is 12.7 Å². The zero-order chi connectivity index (χ0) is 11.5.